The van der Waals surface area contributed by atoms with Gasteiger partial charge in [0, 0.05) is 75.6 Å². The van der Waals surface area contributed by atoms with E-state index in [9.17, 15) is 28.8 Å². The molecule has 664 valence electrons. The minimum absolute atomic E-state index is 0. The fraction of sp³-hybridized carbons (Fsp3) is 0.724. The molecule has 0 saturated heterocycles. The van der Waals surface area contributed by atoms with Crippen LogP contribution in [0, 0.1) is 0 Å². The van der Waals surface area contributed by atoms with Gasteiger partial charge in [-0.3, -0.25) is 14.4 Å². The Morgan fingerprint density at radius 3 is 0.678 bits per heavy atom. The van der Waals surface area contributed by atoms with Crippen LogP contribution in [-0.4, -0.2) is 218 Å². The number of carbonyl (C=O) groups is 6. The number of nitrogens with one attached hydrogen (secondary N) is 15. The molecule has 0 bridgehead atoms. The number of hydrogen-bond donors (Lipinski definition) is 19. The van der Waals surface area contributed by atoms with Crippen molar-refractivity contribution in [1.82, 2.24) is 79.8 Å². The first-order chi connectivity index (χ1) is 54.9. The van der Waals surface area contributed by atoms with Gasteiger partial charge in [0.25, 0.3) is 0 Å². The lowest BCUT2D eigenvalue weighted by Gasteiger charge is -2.19. The van der Waals surface area contributed by atoms with Crippen LogP contribution in [0.5, 0.6) is 0 Å². The summed E-state index contributed by atoms with van der Waals surface area (Å²) in [5.74, 6) is 0. The molecule has 0 unspecified atom stereocenters. The van der Waals surface area contributed by atoms with Crippen molar-refractivity contribution in [1.29, 1.82) is 0 Å². The molecular weight excluding hydrogens is 1460 g/mol. The van der Waals surface area contributed by atoms with Crippen molar-refractivity contribution < 1.29 is 43.0 Å². The molecule has 23 N–H and O–H groups in total. The molecule has 0 aliphatic carbocycles. The highest BCUT2D eigenvalue weighted by atomic mass is 16.6. The molecular formula is C87H167N19O9. The van der Waals surface area contributed by atoms with E-state index in [0.717, 1.165) is 273 Å². The van der Waals surface area contributed by atoms with E-state index in [1.165, 1.54) is 77.3 Å². The zero-order valence-electron chi connectivity index (χ0n) is 72.6. The van der Waals surface area contributed by atoms with Gasteiger partial charge in [-0.1, -0.05) is 76.4 Å². The number of aldehydes is 3. The van der Waals surface area contributed by atoms with E-state index in [-0.39, 0.29) is 25.7 Å². The van der Waals surface area contributed by atoms with E-state index in [1.807, 2.05) is 62.3 Å². The van der Waals surface area contributed by atoms with Gasteiger partial charge in [-0.2, -0.15) is 0 Å². The van der Waals surface area contributed by atoms with E-state index in [0.29, 0.717) is 55.2 Å². The number of alkyl carbamates (subject to hydrolysis) is 3. The normalized spacial score (nSPS) is 11.2. The van der Waals surface area contributed by atoms with Crippen LogP contribution in [0.2, 0.25) is 0 Å². The van der Waals surface area contributed by atoms with E-state index >= 15 is 0 Å². The zero-order chi connectivity index (χ0) is 84.3. The monoisotopic (exact) mass is 1620 g/mol. The molecule has 0 saturated carbocycles. The lowest BCUT2D eigenvalue weighted by Crippen LogP contribution is -2.34. The van der Waals surface area contributed by atoms with Crippen molar-refractivity contribution in [2.24, 2.45) is 22.9 Å². The number of hydrogen-bond acceptors (Lipinski definition) is 25. The maximum atomic E-state index is 11.7. The van der Waals surface area contributed by atoms with Gasteiger partial charge >= 0.3 is 18.3 Å². The summed E-state index contributed by atoms with van der Waals surface area (Å²) in [6.07, 6.45) is 20.3. The van der Waals surface area contributed by atoms with E-state index < -0.39 is 16.8 Å². The summed E-state index contributed by atoms with van der Waals surface area (Å²) < 4.78 is 15.6. The first-order valence-corrected chi connectivity index (χ1v) is 42.9. The quantitative estimate of drug-likeness (QED) is 0.0143. The molecule has 3 aromatic carbocycles. The molecule has 0 aliphatic heterocycles. The van der Waals surface area contributed by atoms with Crippen molar-refractivity contribution in [3.05, 3.63) is 105 Å². The van der Waals surface area contributed by atoms with Gasteiger partial charge in [0.2, 0.25) is 0 Å². The van der Waals surface area contributed by atoms with Crippen molar-refractivity contribution in [3.63, 3.8) is 0 Å². The summed E-state index contributed by atoms with van der Waals surface area (Å²) in [5.41, 5.74) is 29.7. The first kappa shape index (κ1) is 111. The molecule has 115 heavy (non-hydrogen) atoms. The van der Waals surface area contributed by atoms with Crippen LogP contribution in [0.1, 0.15) is 257 Å². The standard InChI is InChI=1S/C38H74N8O4.C27H57N9.C12H26N2O2.C9H6O3.CH4/c1-8-9-15-39-16-10-21-42-29-32-26-33(30-43-22-11-17-40-19-13-24-45-35(47)49-37(2,3)4)28-34(27-32)31-44-23-12-18-41-20-14-25-46-36(48)50-38(5,6)7;28-7-1-10-31-13-4-16-34-22-25-19-26(23-35-17-5-14-32-11-2-8-29)21-27(20-25)24-36-18-6-15-33-12-3-9-30;1-12(2,3)16-11(15)14-10-8-6-4-5-7-9-13;10-4-7-1-8(5-11)3-9(2-7)6-12;/h26-28,39-44H,8-25,29-31H2,1-7H3,(H,45,47)(H,46,48);19-21,31-36H,1-18,22-24,28-30H2;4-10,13H2,1-3H3,(H,14,15);1-6H;1H4. The molecule has 0 spiro atoms. The van der Waals surface area contributed by atoms with E-state index in [2.05, 4.69) is 123 Å². The van der Waals surface area contributed by atoms with Gasteiger partial charge in [-0.15, -0.1) is 0 Å². The molecule has 0 heterocycles. The number of unbranched alkanes of at least 4 members (excludes halogenated alkanes) is 5. The Hall–Kier alpha value is -6.16. The summed E-state index contributed by atoms with van der Waals surface area (Å²) in [5, 5.41) is 50.8. The molecule has 0 atom stereocenters. The molecule has 28 nitrogen and oxygen atoms in total. The number of rotatable bonds is 66. The van der Waals surface area contributed by atoms with Crippen LogP contribution >= 0.6 is 0 Å². The SMILES string of the molecule is C.CC(C)(C)OC(=O)NCCCCCCCN.CCCCNCCCNCc1cc(CNCCCNCCCNC(=O)OC(C)(C)C)cc(CNCCCNCCCNC(=O)OC(C)(C)C)c1.NCCCNCCCNCc1cc(CNCCCNCCCN)cc(CNCCCNCCCN)c1.O=Cc1cc(C=O)cc(C=O)c1. The highest BCUT2D eigenvalue weighted by Crippen LogP contribution is 2.15. The lowest BCUT2D eigenvalue weighted by atomic mass is 10.0. The van der Waals surface area contributed by atoms with Crippen LogP contribution in [0.3, 0.4) is 0 Å². The Labute approximate surface area is 696 Å². The Morgan fingerprint density at radius 2 is 0.461 bits per heavy atom. The molecule has 0 aliphatic rings. The fourth-order valence-electron chi connectivity index (χ4n) is 11.1. The number of ether oxygens (including phenoxy) is 3. The average Bonchev–Trinajstić information content (AvgIpc) is 0.875. The molecule has 0 aromatic heterocycles. The number of amides is 3. The van der Waals surface area contributed by atoms with Crippen molar-refractivity contribution in [2.45, 2.75) is 248 Å². The van der Waals surface area contributed by atoms with Gasteiger partial charge in [0.05, 0.1) is 0 Å². The molecule has 0 fully saturated rings. The summed E-state index contributed by atoms with van der Waals surface area (Å²) in [6.45, 7) is 47.0. The zero-order valence-corrected chi connectivity index (χ0v) is 72.6. The third-order valence-electron chi connectivity index (χ3n) is 16.7. The molecule has 3 aromatic rings. The summed E-state index contributed by atoms with van der Waals surface area (Å²) >= 11 is 0. The average molecular weight is 1620 g/mol. The fourth-order valence-corrected chi connectivity index (χ4v) is 11.1. The summed E-state index contributed by atoms with van der Waals surface area (Å²) in [6, 6.07) is 18.2. The van der Waals surface area contributed by atoms with Gasteiger partial charge in [-0.25, -0.2) is 14.4 Å². The Bertz CT molecular complexity index is 2600. The molecule has 3 amide bonds. The lowest BCUT2D eigenvalue weighted by molar-refractivity contribution is 0.0515. The van der Waals surface area contributed by atoms with Gasteiger partial charge in [0.1, 0.15) is 35.7 Å². The minimum atomic E-state index is -0.470. The van der Waals surface area contributed by atoms with Gasteiger partial charge in [0.15, 0.2) is 0 Å². The summed E-state index contributed by atoms with van der Waals surface area (Å²) in [7, 11) is 0. The molecule has 3 rings (SSSR count). The smallest absolute Gasteiger partial charge is 0.407 e. The topological polar surface area (TPSA) is 415 Å². The van der Waals surface area contributed by atoms with Crippen LogP contribution in [0.4, 0.5) is 14.4 Å². The van der Waals surface area contributed by atoms with Crippen LogP contribution in [0.25, 0.3) is 0 Å². The van der Waals surface area contributed by atoms with Crippen molar-refractivity contribution in [2.75, 3.05) is 164 Å². The second-order valence-electron chi connectivity index (χ2n) is 31.6. The maximum absolute atomic E-state index is 11.7. The Morgan fingerprint density at radius 1 is 0.270 bits per heavy atom. The molecule has 0 radical (unpaired) electrons. The van der Waals surface area contributed by atoms with Crippen LogP contribution in [0.15, 0.2) is 54.6 Å². The largest absolute Gasteiger partial charge is 0.444 e. The predicted molar refractivity (Wildman–Crippen MR) is 477 cm³/mol. The van der Waals surface area contributed by atoms with Gasteiger partial charge in [-0.05, 0) is 348 Å². The Balaban J connectivity index is 0. The van der Waals surface area contributed by atoms with Crippen molar-refractivity contribution in [3.8, 4) is 0 Å². The van der Waals surface area contributed by atoms with Crippen LogP contribution < -0.4 is 103 Å². The number of benzene rings is 3. The highest BCUT2D eigenvalue weighted by Gasteiger charge is 2.18. The number of nitrogens with two attached hydrogens (primary N) is 4. The van der Waals surface area contributed by atoms with Crippen LogP contribution in [-0.2, 0) is 53.5 Å². The maximum Gasteiger partial charge on any atom is 0.407 e. The van der Waals surface area contributed by atoms with Crippen molar-refractivity contribution >= 4 is 37.1 Å². The molecule has 28 heteroatoms. The minimum Gasteiger partial charge on any atom is -0.444 e. The number of carbonyl (C=O) groups excluding carboxylic acids is 6. The second kappa shape index (κ2) is 76.5. The summed E-state index contributed by atoms with van der Waals surface area (Å²) in [4.78, 5) is 65.6. The third-order valence-corrected chi connectivity index (χ3v) is 16.7. The Kier molecular flexibility index (Phi) is 73.8. The van der Waals surface area contributed by atoms with E-state index in [1.54, 1.807) is 0 Å². The van der Waals surface area contributed by atoms with E-state index in [4.69, 9.17) is 37.1 Å². The predicted octanol–water partition coefficient (Wildman–Crippen LogP) is 8.65. The highest BCUT2D eigenvalue weighted by molar-refractivity contribution is 5.87. The second-order valence-corrected chi connectivity index (χ2v) is 31.6. The third kappa shape index (κ3) is 76.3. The first-order valence-electron chi connectivity index (χ1n) is 42.9. The van der Waals surface area contributed by atoms with Gasteiger partial charge < -0.3 is 117 Å².